The van der Waals surface area contributed by atoms with E-state index < -0.39 is 0 Å². The molecule has 0 aliphatic carbocycles. The van der Waals surface area contributed by atoms with Gasteiger partial charge in [-0.25, -0.2) is 4.98 Å². The van der Waals surface area contributed by atoms with Crippen molar-refractivity contribution in [2.24, 2.45) is 0 Å². The first kappa shape index (κ1) is 18.4. The summed E-state index contributed by atoms with van der Waals surface area (Å²) in [5.74, 6) is 1.06. The minimum absolute atomic E-state index is 0.176. The first-order valence-corrected chi connectivity index (χ1v) is 8.57. The lowest BCUT2D eigenvalue weighted by molar-refractivity contribution is 0.0744. The Labute approximate surface area is 156 Å². The zero-order valence-electron chi connectivity index (χ0n) is 15.5. The van der Waals surface area contributed by atoms with E-state index in [0.717, 1.165) is 0 Å². The first-order valence-electron chi connectivity index (χ1n) is 8.57. The van der Waals surface area contributed by atoms with Gasteiger partial charge in [0.2, 0.25) is 0 Å². The number of para-hydroxylation sites is 2. The number of rotatable bonds is 6. The molecule has 0 bridgehead atoms. The SMILES string of the molecule is CCN(Cc1nc2ccccc2c(=O)[nH]1)C(=O)c1cccc(OC)c1OC. The van der Waals surface area contributed by atoms with E-state index in [9.17, 15) is 9.59 Å². The Kier molecular flexibility index (Phi) is 5.40. The van der Waals surface area contributed by atoms with Crippen molar-refractivity contribution in [2.45, 2.75) is 13.5 Å². The lowest BCUT2D eigenvalue weighted by Crippen LogP contribution is -2.32. The molecule has 0 radical (unpaired) electrons. The zero-order chi connectivity index (χ0) is 19.4. The number of H-pyrrole nitrogens is 1. The lowest BCUT2D eigenvalue weighted by atomic mass is 10.1. The number of carbonyl (C=O) groups excluding carboxylic acids is 1. The normalized spacial score (nSPS) is 10.6. The van der Waals surface area contributed by atoms with Crippen LogP contribution < -0.4 is 15.0 Å². The van der Waals surface area contributed by atoms with Crippen LogP contribution in [-0.4, -0.2) is 41.5 Å². The molecule has 1 aromatic heterocycles. The van der Waals surface area contributed by atoms with Crippen LogP contribution >= 0.6 is 0 Å². The van der Waals surface area contributed by atoms with E-state index >= 15 is 0 Å². The van der Waals surface area contributed by atoms with E-state index in [4.69, 9.17) is 9.47 Å². The number of hydrogen-bond acceptors (Lipinski definition) is 5. The average Bonchev–Trinajstić information content (AvgIpc) is 2.70. The van der Waals surface area contributed by atoms with Gasteiger partial charge < -0.3 is 19.4 Å². The fraction of sp³-hybridized carbons (Fsp3) is 0.250. The fourth-order valence-electron chi connectivity index (χ4n) is 2.94. The molecule has 0 fully saturated rings. The summed E-state index contributed by atoms with van der Waals surface area (Å²) < 4.78 is 10.6. The van der Waals surface area contributed by atoms with Crippen molar-refractivity contribution in [3.05, 3.63) is 64.2 Å². The fourth-order valence-corrected chi connectivity index (χ4v) is 2.94. The maximum atomic E-state index is 13.0. The number of nitrogens with one attached hydrogen (secondary N) is 1. The largest absolute Gasteiger partial charge is 0.493 e. The van der Waals surface area contributed by atoms with E-state index in [-0.39, 0.29) is 18.0 Å². The van der Waals surface area contributed by atoms with Crippen molar-refractivity contribution < 1.29 is 14.3 Å². The predicted octanol–water partition coefficient (Wildman–Crippen LogP) is 2.60. The van der Waals surface area contributed by atoms with Gasteiger partial charge in [0.05, 0.1) is 37.2 Å². The highest BCUT2D eigenvalue weighted by molar-refractivity contribution is 5.97. The Balaban J connectivity index is 1.94. The Hall–Kier alpha value is -3.35. The van der Waals surface area contributed by atoms with Crippen LogP contribution in [0.4, 0.5) is 0 Å². The minimum atomic E-state index is -0.232. The molecule has 0 spiro atoms. The Morgan fingerprint density at radius 1 is 1.11 bits per heavy atom. The monoisotopic (exact) mass is 367 g/mol. The molecule has 0 unspecified atom stereocenters. The number of aromatic amines is 1. The summed E-state index contributed by atoms with van der Waals surface area (Å²) >= 11 is 0. The standard InChI is InChI=1S/C20H21N3O4/c1-4-23(20(25)14-9-7-11-16(26-2)18(14)27-3)12-17-21-15-10-6-5-8-13(15)19(24)22-17/h5-11H,4,12H2,1-3H3,(H,21,22,24). The van der Waals surface area contributed by atoms with E-state index in [2.05, 4.69) is 9.97 Å². The van der Waals surface area contributed by atoms with Crippen LogP contribution in [-0.2, 0) is 6.54 Å². The van der Waals surface area contributed by atoms with Gasteiger partial charge in [0.1, 0.15) is 5.82 Å². The zero-order valence-corrected chi connectivity index (χ0v) is 15.5. The summed E-state index contributed by atoms with van der Waals surface area (Å²) in [6.45, 7) is 2.48. The maximum absolute atomic E-state index is 13.0. The van der Waals surface area contributed by atoms with Gasteiger partial charge in [0.15, 0.2) is 11.5 Å². The number of benzene rings is 2. The molecule has 0 aliphatic heterocycles. The summed E-state index contributed by atoms with van der Waals surface area (Å²) in [5, 5.41) is 0.519. The van der Waals surface area contributed by atoms with Crippen LogP contribution in [0.1, 0.15) is 23.1 Å². The second kappa shape index (κ2) is 7.90. The van der Waals surface area contributed by atoms with Crippen LogP contribution in [0.5, 0.6) is 11.5 Å². The quantitative estimate of drug-likeness (QED) is 0.724. The molecule has 1 N–H and O–H groups in total. The molecule has 0 saturated carbocycles. The molecule has 1 heterocycles. The molecule has 140 valence electrons. The summed E-state index contributed by atoms with van der Waals surface area (Å²) in [5.41, 5.74) is 0.763. The number of hydrogen-bond donors (Lipinski definition) is 1. The van der Waals surface area contributed by atoms with Gasteiger partial charge in [-0.3, -0.25) is 9.59 Å². The molecule has 7 nitrogen and oxygen atoms in total. The molecule has 1 amide bonds. The number of ether oxygens (including phenoxy) is 2. The highest BCUT2D eigenvalue weighted by Crippen LogP contribution is 2.31. The number of carbonyl (C=O) groups is 1. The molecule has 7 heteroatoms. The third-order valence-electron chi connectivity index (χ3n) is 4.30. The van der Waals surface area contributed by atoms with Gasteiger partial charge in [-0.2, -0.15) is 0 Å². The molecule has 0 aliphatic rings. The smallest absolute Gasteiger partial charge is 0.258 e. The van der Waals surface area contributed by atoms with Crippen molar-refractivity contribution in [3.8, 4) is 11.5 Å². The Morgan fingerprint density at radius 3 is 2.59 bits per heavy atom. The lowest BCUT2D eigenvalue weighted by Gasteiger charge is -2.22. The van der Waals surface area contributed by atoms with Gasteiger partial charge in [-0.15, -0.1) is 0 Å². The molecule has 0 atom stereocenters. The maximum Gasteiger partial charge on any atom is 0.258 e. The summed E-state index contributed by atoms with van der Waals surface area (Å²) in [6, 6.07) is 12.3. The van der Waals surface area contributed by atoms with Crippen LogP contribution in [0.25, 0.3) is 10.9 Å². The molecule has 3 rings (SSSR count). The van der Waals surface area contributed by atoms with Gasteiger partial charge in [-0.05, 0) is 31.2 Å². The number of fused-ring (bicyclic) bond motifs is 1. The molecular weight excluding hydrogens is 346 g/mol. The van der Waals surface area contributed by atoms with Gasteiger partial charge >= 0.3 is 0 Å². The number of amides is 1. The Morgan fingerprint density at radius 2 is 1.89 bits per heavy atom. The number of methoxy groups -OCH3 is 2. The van der Waals surface area contributed by atoms with Crippen LogP contribution in [0.15, 0.2) is 47.3 Å². The molecule has 2 aromatic carbocycles. The van der Waals surface area contributed by atoms with Crippen molar-refractivity contribution >= 4 is 16.8 Å². The molecule has 27 heavy (non-hydrogen) atoms. The highest BCUT2D eigenvalue weighted by Gasteiger charge is 2.22. The van der Waals surface area contributed by atoms with Gasteiger partial charge in [-0.1, -0.05) is 18.2 Å². The summed E-state index contributed by atoms with van der Waals surface area (Å²) in [7, 11) is 3.01. The van der Waals surface area contributed by atoms with E-state index in [1.807, 2.05) is 13.0 Å². The predicted molar refractivity (Wildman–Crippen MR) is 102 cm³/mol. The van der Waals surface area contributed by atoms with Gasteiger partial charge in [0.25, 0.3) is 11.5 Å². The van der Waals surface area contributed by atoms with Gasteiger partial charge in [0, 0.05) is 6.54 Å². The van der Waals surface area contributed by atoms with E-state index in [0.29, 0.717) is 40.3 Å². The van der Waals surface area contributed by atoms with Crippen LogP contribution in [0, 0.1) is 0 Å². The van der Waals surface area contributed by atoms with Crippen molar-refractivity contribution in [3.63, 3.8) is 0 Å². The first-order chi connectivity index (χ1) is 13.1. The molecule has 0 saturated heterocycles. The minimum Gasteiger partial charge on any atom is -0.493 e. The number of aromatic nitrogens is 2. The molecular formula is C20H21N3O4. The summed E-state index contributed by atoms with van der Waals surface area (Å²) in [6.07, 6.45) is 0. The second-order valence-electron chi connectivity index (χ2n) is 5.89. The van der Waals surface area contributed by atoms with E-state index in [1.165, 1.54) is 14.2 Å². The topological polar surface area (TPSA) is 84.5 Å². The highest BCUT2D eigenvalue weighted by atomic mass is 16.5. The van der Waals surface area contributed by atoms with Crippen LogP contribution in [0.3, 0.4) is 0 Å². The van der Waals surface area contributed by atoms with Crippen molar-refractivity contribution in [1.82, 2.24) is 14.9 Å². The average molecular weight is 367 g/mol. The van der Waals surface area contributed by atoms with E-state index in [1.54, 1.807) is 41.3 Å². The second-order valence-corrected chi connectivity index (χ2v) is 5.89. The van der Waals surface area contributed by atoms with Crippen LogP contribution in [0.2, 0.25) is 0 Å². The van der Waals surface area contributed by atoms with Crippen molar-refractivity contribution in [1.29, 1.82) is 0 Å². The third kappa shape index (κ3) is 3.62. The number of nitrogens with zero attached hydrogens (tertiary/aromatic N) is 2. The Bertz CT molecular complexity index is 1030. The molecule has 3 aromatic rings. The summed E-state index contributed by atoms with van der Waals surface area (Å²) in [4.78, 5) is 34.1. The van der Waals surface area contributed by atoms with Crippen molar-refractivity contribution in [2.75, 3.05) is 20.8 Å². The third-order valence-corrected chi connectivity index (χ3v) is 4.30.